The summed E-state index contributed by atoms with van der Waals surface area (Å²) < 4.78 is 0.934. The van der Waals surface area contributed by atoms with Crippen LogP contribution < -0.4 is 0 Å². The van der Waals surface area contributed by atoms with Crippen LogP contribution in [-0.4, -0.2) is 21.0 Å². The second-order valence-corrected chi connectivity index (χ2v) is 4.56. The van der Waals surface area contributed by atoms with Gasteiger partial charge in [-0.2, -0.15) is 0 Å². The van der Waals surface area contributed by atoms with E-state index in [1.807, 2.05) is 18.2 Å². The summed E-state index contributed by atoms with van der Waals surface area (Å²) in [6.45, 7) is 0. The molecule has 0 unspecified atom stereocenters. The van der Waals surface area contributed by atoms with Crippen molar-refractivity contribution < 1.29 is 9.90 Å². The SMILES string of the molecule is O=C(O)c1cc2c(cn1)[nH]c1cccc(Br)c12. The maximum absolute atomic E-state index is 10.9. The normalized spacial score (nSPS) is 11.1. The zero-order valence-corrected chi connectivity index (χ0v) is 10.2. The first kappa shape index (κ1) is 10.3. The fourth-order valence-electron chi connectivity index (χ4n) is 1.93. The molecule has 17 heavy (non-hydrogen) atoms. The minimum atomic E-state index is -1.02. The standard InChI is InChI=1S/C12H7BrN2O2/c13-7-2-1-3-8-11(7)6-4-9(12(16)17)14-5-10(6)15-8/h1-5,15H,(H,16,17). The van der Waals surface area contributed by atoms with E-state index in [4.69, 9.17) is 5.11 Å². The number of carbonyl (C=O) groups is 1. The predicted octanol–water partition coefficient (Wildman–Crippen LogP) is 3.18. The molecule has 0 saturated heterocycles. The highest BCUT2D eigenvalue weighted by molar-refractivity contribution is 9.10. The third-order valence-electron chi connectivity index (χ3n) is 2.68. The number of hydrogen-bond donors (Lipinski definition) is 2. The topological polar surface area (TPSA) is 66.0 Å². The van der Waals surface area contributed by atoms with E-state index in [1.54, 1.807) is 12.3 Å². The maximum Gasteiger partial charge on any atom is 0.354 e. The van der Waals surface area contributed by atoms with Gasteiger partial charge in [0.1, 0.15) is 5.69 Å². The molecule has 1 aromatic carbocycles. The van der Waals surface area contributed by atoms with Gasteiger partial charge in [-0.05, 0) is 18.2 Å². The molecular weight excluding hydrogens is 284 g/mol. The van der Waals surface area contributed by atoms with Gasteiger partial charge in [0.15, 0.2) is 0 Å². The van der Waals surface area contributed by atoms with E-state index in [0.717, 1.165) is 26.3 Å². The molecule has 2 aromatic heterocycles. The van der Waals surface area contributed by atoms with E-state index < -0.39 is 5.97 Å². The summed E-state index contributed by atoms with van der Waals surface area (Å²) >= 11 is 3.47. The molecule has 0 aliphatic heterocycles. The van der Waals surface area contributed by atoms with Gasteiger partial charge >= 0.3 is 5.97 Å². The molecule has 3 rings (SSSR count). The Labute approximate surface area is 104 Å². The fraction of sp³-hybridized carbons (Fsp3) is 0. The van der Waals surface area contributed by atoms with E-state index >= 15 is 0 Å². The summed E-state index contributed by atoms with van der Waals surface area (Å²) in [4.78, 5) is 18.0. The van der Waals surface area contributed by atoms with Crippen LogP contribution in [0.25, 0.3) is 21.8 Å². The Kier molecular flexibility index (Phi) is 2.16. The molecule has 0 amide bonds. The summed E-state index contributed by atoms with van der Waals surface area (Å²) in [5.74, 6) is -1.02. The molecule has 0 spiro atoms. The lowest BCUT2D eigenvalue weighted by atomic mass is 10.1. The molecule has 84 valence electrons. The molecule has 0 atom stereocenters. The second-order valence-electron chi connectivity index (χ2n) is 3.71. The third kappa shape index (κ3) is 1.51. The Morgan fingerprint density at radius 3 is 2.94 bits per heavy atom. The van der Waals surface area contributed by atoms with Crippen molar-refractivity contribution in [2.24, 2.45) is 0 Å². The summed E-state index contributed by atoms with van der Waals surface area (Å²) in [6.07, 6.45) is 1.55. The Morgan fingerprint density at radius 1 is 1.35 bits per heavy atom. The highest BCUT2D eigenvalue weighted by Gasteiger charge is 2.11. The number of pyridine rings is 1. The molecule has 0 aliphatic carbocycles. The highest BCUT2D eigenvalue weighted by atomic mass is 79.9. The van der Waals surface area contributed by atoms with Gasteiger partial charge in [-0.1, -0.05) is 22.0 Å². The van der Waals surface area contributed by atoms with Gasteiger partial charge in [-0.15, -0.1) is 0 Å². The molecule has 2 N–H and O–H groups in total. The van der Waals surface area contributed by atoms with Crippen molar-refractivity contribution in [2.45, 2.75) is 0 Å². The summed E-state index contributed by atoms with van der Waals surface area (Å²) in [5.41, 5.74) is 1.84. The number of hydrogen-bond acceptors (Lipinski definition) is 2. The van der Waals surface area contributed by atoms with E-state index in [9.17, 15) is 4.79 Å². The van der Waals surface area contributed by atoms with Gasteiger partial charge < -0.3 is 10.1 Å². The largest absolute Gasteiger partial charge is 0.477 e. The molecule has 4 nitrogen and oxygen atoms in total. The van der Waals surface area contributed by atoms with Crippen LogP contribution in [0.3, 0.4) is 0 Å². The first-order chi connectivity index (χ1) is 8.16. The van der Waals surface area contributed by atoms with Gasteiger partial charge in [-0.3, -0.25) is 0 Å². The van der Waals surface area contributed by atoms with Crippen LogP contribution in [-0.2, 0) is 0 Å². The number of H-pyrrole nitrogens is 1. The average molecular weight is 291 g/mol. The van der Waals surface area contributed by atoms with E-state index in [2.05, 4.69) is 25.9 Å². The number of fused-ring (bicyclic) bond motifs is 3. The highest BCUT2D eigenvalue weighted by Crippen LogP contribution is 2.31. The van der Waals surface area contributed by atoms with E-state index in [1.165, 1.54) is 0 Å². The molecule has 0 fully saturated rings. The lowest BCUT2D eigenvalue weighted by Crippen LogP contribution is -1.98. The summed E-state index contributed by atoms with van der Waals surface area (Å²) in [6, 6.07) is 7.38. The van der Waals surface area contributed by atoms with Crippen LogP contribution in [0.15, 0.2) is 34.9 Å². The van der Waals surface area contributed by atoms with Crippen molar-refractivity contribution in [1.82, 2.24) is 9.97 Å². The maximum atomic E-state index is 10.9. The average Bonchev–Trinajstić information content (AvgIpc) is 2.67. The minimum Gasteiger partial charge on any atom is -0.477 e. The van der Waals surface area contributed by atoms with Crippen LogP contribution in [0.2, 0.25) is 0 Å². The molecule has 2 heterocycles. The number of halogens is 1. The first-order valence-corrected chi connectivity index (χ1v) is 5.75. The van der Waals surface area contributed by atoms with Gasteiger partial charge in [0.2, 0.25) is 0 Å². The fourth-order valence-corrected chi connectivity index (χ4v) is 2.51. The number of rotatable bonds is 1. The molecule has 3 aromatic rings. The van der Waals surface area contributed by atoms with Crippen molar-refractivity contribution in [3.05, 3.63) is 40.6 Å². The molecule has 5 heteroatoms. The summed E-state index contributed by atoms with van der Waals surface area (Å²) in [5, 5.41) is 10.8. The van der Waals surface area contributed by atoms with Gasteiger partial charge in [-0.25, -0.2) is 9.78 Å². The first-order valence-electron chi connectivity index (χ1n) is 4.96. The van der Waals surface area contributed by atoms with Crippen LogP contribution in [0.4, 0.5) is 0 Å². The Hall–Kier alpha value is -1.88. The van der Waals surface area contributed by atoms with Crippen molar-refractivity contribution in [1.29, 1.82) is 0 Å². The number of nitrogens with zero attached hydrogens (tertiary/aromatic N) is 1. The van der Waals surface area contributed by atoms with Crippen molar-refractivity contribution >= 4 is 43.7 Å². The monoisotopic (exact) mass is 290 g/mol. The predicted molar refractivity (Wildman–Crippen MR) is 68.3 cm³/mol. The third-order valence-corrected chi connectivity index (χ3v) is 3.34. The van der Waals surface area contributed by atoms with Crippen LogP contribution >= 0.6 is 15.9 Å². The van der Waals surface area contributed by atoms with Crippen molar-refractivity contribution in [3.8, 4) is 0 Å². The molecular formula is C12H7BrN2O2. The quantitative estimate of drug-likeness (QED) is 0.723. The number of carboxylic acid groups (broad SMARTS) is 1. The zero-order valence-electron chi connectivity index (χ0n) is 8.57. The zero-order chi connectivity index (χ0) is 12.0. The van der Waals surface area contributed by atoms with Crippen LogP contribution in [0.5, 0.6) is 0 Å². The van der Waals surface area contributed by atoms with Crippen molar-refractivity contribution in [2.75, 3.05) is 0 Å². The number of aromatic carboxylic acids is 1. The minimum absolute atomic E-state index is 0.0501. The Balaban J connectivity index is 2.48. The van der Waals surface area contributed by atoms with Crippen molar-refractivity contribution in [3.63, 3.8) is 0 Å². The van der Waals surface area contributed by atoms with Gasteiger partial charge in [0.25, 0.3) is 0 Å². The number of nitrogens with one attached hydrogen (secondary N) is 1. The Bertz CT molecular complexity index is 749. The number of aromatic nitrogens is 2. The van der Waals surface area contributed by atoms with Crippen LogP contribution in [0, 0.1) is 0 Å². The number of aromatic amines is 1. The Morgan fingerprint density at radius 2 is 2.18 bits per heavy atom. The van der Waals surface area contributed by atoms with Gasteiger partial charge in [0, 0.05) is 20.8 Å². The van der Waals surface area contributed by atoms with E-state index in [-0.39, 0.29) is 5.69 Å². The lowest BCUT2D eigenvalue weighted by molar-refractivity contribution is 0.0691. The number of carboxylic acids is 1. The number of benzene rings is 1. The second kappa shape index (κ2) is 3.56. The van der Waals surface area contributed by atoms with Crippen LogP contribution in [0.1, 0.15) is 10.5 Å². The van der Waals surface area contributed by atoms with Gasteiger partial charge in [0.05, 0.1) is 11.7 Å². The van der Waals surface area contributed by atoms with E-state index in [0.29, 0.717) is 0 Å². The molecule has 0 bridgehead atoms. The smallest absolute Gasteiger partial charge is 0.354 e. The summed E-state index contributed by atoms with van der Waals surface area (Å²) in [7, 11) is 0. The lowest BCUT2D eigenvalue weighted by Gasteiger charge is -1.96. The molecule has 0 saturated carbocycles. The molecule has 0 aliphatic rings. The molecule has 0 radical (unpaired) electrons.